The minimum absolute atomic E-state index is 0.0785. The molecule has 188 valence electrons. The van der Waals surface area contributed by atoms with Crippen LogP contribution in [0.1, 0.15) is 56.2 Å². The van der Waals surface area contributed by atoms with Gasteiger partial charge >= 0.3 is 5.63 Å². The number of nitrogens with zero attached hydrogens (tertiary/aromatic N) is 2. The summed E-state index contributed by atoms with van der Waals surface area (Å²) in [6.45, 7) is 6.69. The molecule has 2 aromatic heterocycles. The molecule has 0 aliphatic carbocycles. The summed E-state index contributed by atoms with van der Waals surface area (Å²) in [4.78, 5) is 39.7. The van der Waals surface area contributed by atoms with Crippen LogP contribution in [0.15, 0.2) is 63.8 Å². The Hall–Kier alpha value is -3.87. The molecule has 1 atom stereocenters. The summed E-state index contributed by atoms with van der Waals surface area (Å²) in [7, 11) is 1.51. The van der Waals surface area contributed by atoms with Crippen LogP contribution >= 0.6 is 0 Å². The highest BCUT2D eigenvalue weighted by molar-refractivity contribution is 6.10. The van der Waals surface area contributed by atoms with Crippen molar-refractivity contribution < 1.29 is 14.0 Å². The van der Waals surface area contributed by atoms with Crippen LogP contribution in [0.25, 0.3) is 21.8 Å². The van der Waals surface area contributed by atoms with Crippen LogP contribution in [0.4, 0.5) is 5.69 Å². The number of para-hydroxylation sites is 1. The average Bonchev–Trinajstić information content (AvgIpc) is 3.20. The number of nitrogens with one attached hydrogen (secondary N) is 1. The minimum atomic E-state index is -0.797. The molecule has 0 fully saturated rings. The molecule has 0 radical (unpaired) electrons. The van der Waals surface area contributed by atoms with Crippen molar-refractivity contribution in [1.82, 2.24) is 9.47 Å². The molecule has 0 aliphatic heterocycles. The van der Waals surface area contributed by atoms with Gasteiger partial charge in [-0.1, -0.05) is 38.0 Å². The first kappa shape index (κ1) is 25.2. The van der Waals surface area contributed by atoms with Gasteiger partial charge in [0.05, 0.1) is 0 Å². The number of hydrogen-bond acceptors (Lipinski definition) is 4. The first-order chi connectivity index (χ1) is 17.3. The Balaban J connectivity index is 1.49. The number of fused-ring (bicyclic) bond motifs is 3. The average molecular weight is 488 g/mol. The van der Waals surface area contributed by atoms with Crippen LogP contribution in [-0.2, 0) is 17.8 Å². The van der Waals surface area contributed by atoms with Crippen LogP contribution in [-0.4, -0.2) is 34.4 Å². The Labute approximate surface area is 210 Å². The van der Waals surface area contributed by atoms with Crippen LogP contribution in [0.2, 0.25) is 0 Å². The number of rotatable bonds is 9. The molecule has 36 heavy (non-hydrogen) atoms. The summed E-state index contributed by atoms with van der Waals surface area (Å²) in [6.07, 6.45) is 3.71. The van der Waals surface area contributed by atoms with E-state index in [0.717, 1.165) is 47.6 Å². The quantitative estimate of drug-likeness (QED) is 0.312. The SMILES string of the molecule is CCCCCc1ccc(C(=O)N(C)C(C)C(=O)Nc2ccc3c(c2)c2ccccc2n3CC)c(=O)o1. The maximum atomic E-state index is 13.0. The number of carbonyl (C=O) groups excluding carboxylic acids is 2. The van der Waals surface area contributed by atoms with Gasteiger partial charge in [0.1, 0.15) is 17.4 Å². The van der Waals surface area contributed by atoms with Crippen molar-refractivity contribution in [2.75, 3.05) is 12.4 Å². The first-order valence-electron chi connectivity index (χ1n) is 12.6. The molecule has 7 heteroatoms. The normalized spacial score (nSPS) is 12.1. The second-order valence-corrected chi connectivity index (χ2v) is 9.13. The smallest absolute Gasteiger partial charge is 0.348 e. The minimum Gasteiger partial charge on any atom is -0.427 e. The molecule has 2 amide bonds. The zero-order valence-electron chi connectivity index (χ0n) is 21.3. The molecule has 4 aromatic rings. The third-order valence-corrected chi connectivity index (χ3v) is 6.77. The van der Waals surface area contributed by atoms with Gasteiger partial charge in [-0.3, -0.25) is 9.59 Å². The van der Waals surface area contributed by atoms with E-state index in [9.17, 15) is 14.4 Å². The van der Waals surface area contributed by atoms with E-state index in [1.807, 2.05) is 30.3 Å². The van der Waals surface area contributed by atoms with Crippen molar-refractivity contribution in [2.24, 2.45) is 0 Å². The second kappa shape index (κ2) is 10.8. The Morgan fingerprint density at radius 3 is 2.47 bits per heavy atom. The Bertz CT molecular complexity index is 1470. The number of likely N-dealkylation sites (N-methyl/N-ethyl adjacent to an activating group) is 1. The van der Waals surface area contributed by atoms with E-state index in [1.165, 1.54) is 18.0 Å². The third-order valence-electron chi connectivity index (χ3n) is 6.77. The molecule has 1 unspecified atom stereocenters. The van der Waals surface area contributed by atoms with Gasteiger partial charge < -0.3 is 19.2 Å². The van der Waals surface area contributed by atoms with Gasteiger partial charge in [-0.25, -0.2) is 4.79 Å². The van der Waals surface area contributed by atoms with Crippen LogP contribution in [0.3, 0.4) is 0 Å². The number of amides is 2. The Morgan fingerprint density at radius 2 is 1.75 bits per heavy atom. The summed E-state index contributed by atoms with van der Waals surface area (Å²) < 4.78 is 7.59. The van der Waals surface area contributed by atoms with E-state index in [0.29, 0.717) is 17.9 Å². The highest BCUT2D eigenvalue weighted by atomic mass is 16.4. The lowest BCUT2D eigenvalue weighted by Gasteiger charge is -2.24. The lowest BCUT2D eigenvalue weighted by Crippen LogP contribution is -2.44. The topological polar surface area (TPSA) is 84.5 Å². The maximum Gasteiger partial charge on any atom is 0.348 e. The van der Waals surface area contributed by atoms with E-state index < -0.39 is 17.6 Å². The van der Waals surface area contributed by atoms with Crippen LogP contribution in [0.5, 0.6) is 0 Å². The fourth-order valence-electron chi connectivity index (χ4n) is 4.56. The molecule has 2 heterocycles. The highest BCUT2D eigenvalue weighted by Crippen LogP contribution is 2.31. The summed E-state index contributed by atoms with van der Waals surface area (Å²) in [5, 5.41) is 5.10. The molecule has 0 spiro atoms. The van der Waals surface area contributed by atoms with Crippen molar-refractivity contribution in [3.05, 3.63) is 76.3 Å². The van der Waals surface area contributed by atoms with Crippen molar-refractivity contribution in [3.63, 3.8) is 0 Å². The molecule has 0 saturated carbocycles. The standard InChI is InChI=1S/C29H33N3O4/c1-5-7-8-11-21-15-16-23(29(35)36-21)28(34)31(4)19(3)27(33)30-20-14-17-26-24(18-20)22-12-9-10-13-25(22)32(26)6-2/h9-10,12-19H,5-8,11H2,1-4H3,(H,30,33). The van der Waals surface area contributed by atoms with Gasteiger partial charge in [0, 0.05) is 47.5 Å². The number of hydrogen-bond donors (Lipinski definition) is 1. The van der Waals surface area contributed by atoms with Gasteiger partial charge in [0.2, 0.25) is 5.91 Å². The predicted molar refractivity (Wildman–Crippen MR) is 144 cm³/mol. The zero-order chi connectivity index (χ0) is 25.8. The number of aromatic nitrogens is 1. The number of aryl methyl sites for hydroxylation is 2. The lowest BCUT2D eigenvalue weighted by atomic mass is 10.1. The molecular formula is C29H33N3O4. The first-order valence-corrected chi connectivity index (χ1v) is 12.6. The molecule has 0 bridgehead atoms. The molecule has 2 aromatic carbocycles. The second-order valence-electron chi connectivity index (χ2n) is 9.13. The fourth-order valence-corrected chi connectivity index (χ4v) is 4.56. The van der Waals surface area contributed by atoms with E-state index in [1.54, 1.807) is 13.0 Å². The third kappa shape index (κ3) is 4.91. The van der Waals surface area contributed by atoms with E-state index in [2.05, 4.69) is 35.9 Å². The zero-order valence-corrected chi connectivity index (χ0v) is 21.3. The summed E-state index contributed by atoms with van der Waals surface area (Å²) in [5.41, 5.74) is 2.14. The summed E-state index contributed by atoms with van der Waals surface area (Å²) in [5.74, 6) is -0.323. The van der Waals surface area contributed by atoms with Gasteiger partial charge in [-0.05, 0) is 56.7 Å². The van der Waals surface area contributed by atoms with Crippen molar-refractivity contribution in [2.45, 2.75) is 59.0 Å². The van der Waals surface area contributed by atoms with Crippen LogP contribution < -0.4 is 10.9 Å². The highest BCUT2D eigenvalue weighted by Gasteiger charge is 2.26. The number of anilines is 1. The van der Waals surface area contributed by atoms with Gasteiger partial charge in [-0.15, -0.1) is 0 Å². The van der Waals surface area contributed by atoms with Crippen LogP contribution in [0, 0.1) is 0 Å². The van der Waals surface area contributed by atoms with Crippen molar-refractivity contribution in [1.29, 1.82) is 0 Å². The number of benzene rings is 2. The lowest BCUT2D eigenvalue weighted by molar-refractivity contribution is -0.119. The maximum absolute atomic E-state index is 13.0. The van der Waals surface area contributed by atoms with E-state index >= 15 is 0 Å². The van der Waals surface area contributed by atoms with Crippen molar-refractivity contribution in [3.8, 4) is 0 Å². The number of unbranched alkanes of at least 4 members (excludes halogenated alkanes) is 2. The van der Waals surface area contributed by atoms with Gasteiger partial charge in [0.25, 0.3) is 5.91 Å². The van der Waals surface area contributed by atoms with E-state index in [-0.39, 0.29) is 11.5 Å². The fraction of sp³-hybridized carbons (Fsp3) is 0.345. The van der Waals surface area contributed by atoms with Gasteiger partial charge in [0.15, 0.2) is 0 Å². The molecule has 0 aliphatic rings. The summed E-state index contributed by atoms with van der Waals surface area (Å²) >= 11 is 0. The van der Waals surface area contributed by atoms with Crippen molar-refractivity contribution >= 4 is 39.3 Å². The monoisotopic (exact) mass is 487 g/mol. The largest absolute Gasteiger partial charge is 0.427 e. The predicted octanol–water partition coefficient (Wildman–Crippen LogP) is 5.60. The molecular weight excluding hydrogens is 454 g/mol. The molecule has 4 rings (SSSR count). The van der Waals surface area contributed by atoms with Gasteiger partial charge in [-0.2, -0.15) is 0 Å². The number of carbonyl (C=O) groups is 2. The Morgan fingerprint density at radius 1 is 1.00 bits per heavy atom. The molecule has 7 nitrogen and oxygen atoms in total. The Kier molecular flexibility index (Phi) is 7.58. The molecule has 0 saturated heterocycles. The molecule has 1 N–H and O–H groups in total. The summed E-state index contributed by atoms with van der Waals surface area (Å²) in [6, 6.07) is 16.4. The van der Waals surface area contributed by atoms with E-state index in [4.69, 9.17) is 4.42 Å².